The SMILES string of the molecule is O=C(Oc1cccc2cccnc12)[C@@H](Cc1ccccc1)N1C(=O)[C@@H]2[C@H]3CC[C@@H](C3)[C@@H]2C1=O. The van der Waals surface area contributed by atoms with Crippen LogP contribution in [0.3, 0.4) is 0 Å². The Hall–Kier alpha value is -3.54. The van der Waals surface area contributed by atoms with E-state index in [4.69, 9.17) is 4.74 Å². The molecule has 6 heteroatoms. The second kappa shape index (κ2) is 7.80. The van der Waals surface area contributed by atoms with Crippen LogP contribution < -0.4 is 4.74 Å². The number of rotatable bonds is 5. The summed E-state index contributed by atoms with van der Waals surface area (Å²) in [5.74, 6) is -0.712. The Balaban J connectivity index is 1.35. The van der Waals surface area contributed by atoms with Gasteiger partial charge in [-0.05, 0) is 48.8 Å². The van der Waals surface area contributed by atoms with Crippen molar-refractivity contribution in [1.29, 1.82) is 0 Å². The zero-order chi connectivity index (χ0) is 22.5. The van der Waals surface area contributed by atoms with Gasteiger partial charge < -0.3 is 4.74 Å². The summed E-state index contributed by atoms with van der Waals surface area (Å²) in [6.45, 7) is 0. The molecular formula is C27H24N2O4. The first-order chi connectivity index (χ1) is 16.1. The van der Waals surface area contributed by atoms with Gasteiger partial charge in [-0.15, -0.1) is 0 Å². The lowest BCUT2D eigenvalue weighted by molar-refractivity contribution is -0.154. The number of carbonyl (C=O) groups is 3. The fourth-order valence-corrected chi connectivity index (χ4v) is 6.19. The summed E-state index contributed by atoms with van der Waals surface area (Å²) in [4.78, 5) is 46.1. The van der Waals surface area contributed by atoms with Gasteiger partial charge >= 0.3 is 5.97 Å². The third-order valence-electron chi connectivity index (χ3n) is 7.62. The molecule has 3 aromatic rings. The van der Waals surface area contributed by atoms with Crippen molar-refractivity contribution in [2.75, 3.05) is 0 Å². The highest BCUT2D eigenvalue weighted by Gasteiger charge is 2.62. The predicted molar refractivity (Wildman–Crippen MR) is 121 cm³/mol. The van der Waals surface area contributed by atoms with Gasteiger partial charge in [-0.1, -0.05) is 48.5 Å². The Morgan fingerprint density at radius 3 is 2.36 bits per heavy atom. The Bertz CT molecular complexity index is 1220. The summed E-state index contributed by atoms with van der Waals surface area (Å²) in [5, 5.41) is 0.849. The summed E-state index contributed by atoms with van der Waals surface area (Å²) in [5.41, 5.74) is 1.44. The van der Waals surface area contributed by atoms with Crippen LogP contribution in [0, 0.1) is 23.7 Å². The molecule has 6 rings (SSSR count). The van der Waals surface area contributed by atoms with Crippen molar-refractivity contribution in [3.05, 3.63) is 72.4 Å². The molecule has 1 aromatic heterocycles. The van der Waals surface area contributed by atoms with Crippen molar-refractivity contribution >= 4 is 28.7 Å². The van der Waals surface area contributed by atoms with Gasteiger partial charge in [0, 0.05) is 18.0 Å². The molecule has 2 saturated carbocycles. The van der Waals surface area contributed by atoms with Gasteiger partial charge in [-0.2, -0.15) is 0 Å². The molecular weight excluding hydrogens is 416 g/mol. The molecule has 166 valence electrons. The van der Waals surface area contributed by atoms with Crippen molar-refractivity contribution < 1.29 is 19.1 Å². The number of fused-ring (bicyclic) bond motifs is 6. The molecule has 2 heterocycles. The fourth-order valence-electron chi connectivity index (χ4n) is 6.19. The first kappa shape index (κ1) is 20.1. The predicted octanol–water partition coefficient (Wildman–Crippen LogP) is 3.78. The second-order valence-corrected chi connectivity index (χ2v) is 9.39. The Morgan fingerprint density at radius 1 is 0.939 bits per heavy atom. The maximum Gasteiger partial charge on any atom is 0.335 e. The van der Waals surface area contributed by atoms with E-state index in [1.165, 1.54) is 4.90 Å². The van der Waals surface area contributed by atoms with Gasteiger partial charge in [0.05, 0.1) is 11.8 Å². The first-order valence-electron chi connectivity index (χ1n) is 11.6. The van der Waals surface area contributed by atoms with Crippen LogP contribution in [-0.4, -0.2) is 33.7 Å². The zero-order valence-electron chi connectivity index (χ0n) is 18.1. The van der Waals surface area contributed by atoms with Crippen LogP contribution in [-0.2, 0) is 20.8 Å². The molecule has 3 fully saturated rings. The lowest BCUT2D eigenvalue weighted by Gasteiger charge is -2.26. The number of amides is 2. The maximum absolute atomic E-state index is 13.5. The van der Waals surface area contributed by atoms with Gasteiger partial charge in [0.15, 0.2) is 5.75 Å². The number of benzene rings is 2. The van der Waals surface area contributed by atoms with Crippen LogP contribution in [0.15, 0.2) is 66.9 Å². The van der Waals surface area contributed by atoms with Gasteiger partial charge in [0.1, 0.15) is 11.6 Å². The van der Waals surface area contributed by atoms with Crippen LogP contribution in [0.2, 0.25) is 0 Å². The zero-order valence-corrected chi connectivity index (χ0v) is 18.1. The van der Waals surface area contributed by atoms with Crippen LogP contribution >= 0.6 is 0 Å². The highest BCUT2D eigenvalue weighted by Crippen LogP contribution is 2.56. The number of pyridine rings is 1. The smallest absolute Gasteiger partial charge is 0.335 e. The molecule has 1 aliphatic heterocycles. The summed E-state index contributed by atoms with van der Waals surface area (Å²) in [6.07, 6.45) is 4.81. The number of para-hydroxylation sites is 1. The van der Waals surface area contributed by atoms with Crippen molar-refractivity contribution in [3.63, 3.8) is 0 Å². The van der Waals surface area contributed by atoms with E-state index >= 15 is 0 Å². The number of carbonyl (C=O) groups excluding carboxylic acids is 3. The first-order valence-corrected chi connectivity index (χ1v) is 11.6. The van der Waals surface area contributed by atoms with Gasteiger partial charge in [0.25, 0.3) is 0 Å². The number of hydrogen-bond acceptors (Lipinski definition) is 5. The third-order valence-corrected chi connectivity index (χ3v) is 7.62. The molecule has 5 atom stereocenters. The van der Waals surface area contributed by atoms with Crippen molar-refractivity contribution in [1.82, 2.24) is 9.88 Å². The Labute approximate surface area is 191 Å². The molecule has 2 aromatic carbocycles. The Kier molecular flexibility index (Phi) is 4.75. The average molecular weight is 440 g/mol. The lowest BCUT2D eigenvalue weighted by Crippen LogP contribution is -2.49. The maximum atomic E-state index is 13.5. The van der Waals surface area contributed by atoms with E-state index in [0.717, 1.165) is 30.2 Å². The molecule has 2 bridgehead atoms. The molecule has 3 aliphatic rings. The minimum atomic E-state index is -1.00. The van der Waals surface area contributed by atoms with Gasteiger partial charge in [-0.3, -0.25) is 19.5 Å². The quantitative estimate of drug-likeness (QED) is 0.343. The minimum absolute atomic E-state index is 0.203. The van der Waals surface area contributed by atoms with E-state index in [9.17, 15) is 14.4 Å². The molecule has 2 amide bonds. The molecule has 0 radical (unpaired) electrons. The van der Waals surface area contributed by atoms with Crippen LogP contribution in [0.4, 0.5) is 0 Å². The van der Waals surface area contributed by atoms with E-state index in [-0.39, 0.29) is 41.9 Å². The normalized spacial score (nSPS) is 26.6. The highest BCUT2D eigenvalue weighted by molar-refractivity contribution is 6.09. The van der Waals surface area contributed by atoms with Crippen LogP contribution in [0.5, 0.6) is 5.75 Å². The number of imide groups is 1. The van der Waals surface area contributed by atoms with Crippen molar-refractivity contribution in [2.24, 2.45) is 23.7 Å². The van der Waals surface area contributed by atoms with Crippen LogP contribution in [0.1, 0.15) is 24.8 Å². The van der Waals surface area contributed by atoms with E-state index < -0.39 is 12.0 Å². The number of hydrogen-bond donors (Lipinski definition) is 0. The molecule has 0 N–H and O–H groups in total. The summed E-state index contributed by atoms with van der Waals surface area (Å²) in [7, 11) is 0. The standard InChI is InChI=1S/C27H24N2O4/c30-25-22-18-11-12-19(15-18)23(22)26(31)29(25)20(14-16-6-2-1-3-7-16)27(32)33-21-10-4-8-17-9-5-13-28-24(17)21/h1-10,13,18-20,22-23H,11-12,14-15H2/t18-,19-,20+,22-,23+/m0/s1. The lowest BCUT2D eigenvalue weighted by atomic mass is 9.81. The fraction of sp³-hybridized carbons (Fsp3) is 0.333. The van der Waals surface area contributed by atoms with E-state index in [0.29, 0.717) is 11.3 Å². The number of likely N-dealkylation sites (tertiary alicyclic amines) is 1. The Morgan fingerprint density at radius 2 is 1.64 bits per heavy atom. The molecule has 6 nitrogen and oxygen atoms in total. The van der Waals surface area contributed by atoms with Gasteiger partial charge in [0.2, 0.25) is 11.8 Å². The molecule has 0 spiro atoms. The van der Waals surface area contributed by atoms with E-state index in [2.05, 4.69) is 4.98 Å². The molecule has 33 heavy (non-hydrogen) atoms. The van der Waals surface area contributed by atoms with Crippen molar-refractivity contribution in [2.45, 2.75) is 31.7 Å². The summed E-state index contributed by atoms with van der Waals surface area (Å²) < 4.78 is 5.81. The number of nitrogens with zero attached hydrogens (tertiary/aromatic N) is 2. The molecule has 2 aliphatic carbocycles. The largest absolute Gasteiger partial charge is 0.423 e. The van der Waals surface area contributed by atoms with Gasteiger partial charge in [-0.25, -0.2) is 4.79 Å². The summed E-state index contributed by atoms with van der Waals surface area (Å²) >= 11 is 0. The summed E-state index contributed by atoms with van der Waals surface area (Å²) in [6, 6.07) is 17.6. The number of esters is 1. The highest BCUT2D eigenvalue weighted by atomic mass is 16.5. The molecule has 1 saturated heterocycles. The third kappa shape index (κ3) is 3.24. The molecule has 0 unspecified atom stereocenters. The minimum Gasteiger partial charge on any atom is -0.423 e. The van der Waals surface area contributed by atoms with Crippen LogP contribution in [0.25, 0.3) is 10.9 Å². The average Bonchev–Trinajstić information content (AvgIpc) is 3.52. The van der Waals surface area contributed by atoms with E-state index in [1.54, 1.807) is 18.3 Å². The topological polar surface area (TPSA) is 76.6 Å². The monoisotopic (exact) mass is 440 g/mol. The number of aromatic nitrogens is 1. The van der Waals surface area contributed by atoms with E-state index in [1.807, 2.05) is 48.5 Å². The second-order valence-electron chi connectivity index (χ2n) is 9.39. The number of ether oxygens (including phenoxy) is 1. The van der Waals surface area contributed by atoms with Crippen molar-refractivity contribution in [3.8, 4) is 5.75 Å².